The summed E-state index contributed by atoms with van der Waals surface area (Å²) < 4.78 is 1.13. The number of nitrogens with one attached hydrogen (secondary N) is 1. The third-order valence-electron chi connectivity index (χ3n) is 4.85. The second kappa shape index (κ2) is 3.83. The average molecular weight is 305 g/mol. The van der Waals surface area contributed by atoms with Crippen molar-refractivity contribution in [3.05, 3.63) is 28.0 Å². The summed E-state index contributed by atoms with van der Waals surface area (Å²) in [5.74, 6) is 3.79. The van der Waals surface area contributed by atoms with Crippen molar-refractivity contribution in [3.8, 4) is 0 Å². The van der Waals surface area contributed by atoms with Crippen LogP contribution in [0.4, 0.5) is 0 Å². The zero-order chi connectivity index (χ0) is 12.3. The summed E-state index contributed by atoms with van der Waals surface area (Å²) in [7, 11) is 0. The van der Waals surface area contributed by atoms with E-state index < -0.39 is 0 Å². The van der Waals surface area contributed by atoms with E-state index in [2.05, 4.69) is 40.0 Å². The summed E-state index contributed by atoms with van der Waals surface area (Å²) in [6.45, 7) is 2.14. The Morgan fingerprint density at radius 2 is 2.17 bits per heavy atom. The molecule has 0 spiro atoms. The minimum atomic E-state index is 0.689. The van der Waals surface area contributed by atoms with E-state index in [4.69, 9.17) is 4.98 Å². The smallest absolute Gasteiger partial charge is 0.110 e. The Morgan fingerprint density at radius 3 is 2.89 bits per heavy atom. The molecule has 1 N–H and O–H groups in total. The molecular formula is C15H17BrN2. The Morgan fingerprint density at radius 1 is 1.28 bits per heavy atom. The molecule has 2 aliphatic carbocycles. The average Bonchev–Trinajstić information content (AvgIpc) is 3.01. The zero-order valence-electron chi connectivity index (χ0n) is 10.5. The van der Waals surface area contributed by atoms with Gasteiger partial charge in [-0.05, 0) is 55.7 Å². The summed E-state index contributed by atoms with van der Waals surface area (Å²) in [6, 6.07) is 4.29. The lowest BCUT2D eigenvalue weighted by atomic mass is 9.88. The fourth-order valence-electron chi connectivity index (χ4n) is 4.02. The molecule has 2 nitrogen and oxygen atoms in total. The predicted octanol–water partition coefficient (Wildman–Crippen LogP) is 4.54. The van der Waals surface area contributed by atoms with Gasteiger partial charge in [-0.25, -0.2) is 4.98 Å². The van der Waals surface area contributed by atoms with Crippen LogP contribution >= 0.6 is 15.9 Å². The Bertz CT molecular complexity index is 616. The van der Waals surface area contributed by atoms with Crippen molar-refractivity contribution in [2.45, 2.75) is 38.5 Å². The molecule has 3 unspecified atom stereocenters. The number of aromatic amines is 1. The summed E-state index contributed by atoms with van der Waals surface area (Å²) in [4.78, 5) is 8.44. The number of hydrogen-bond acceptors (Lipinski definition) is 1. The van der Waals surface area contributed by atoms with Crippen molar-refractivity contribution in [1.82, 2.24) is 9.97 Å². The third kappa shape index (κ3) is 1.56. The van der Waals surface area contributed by atoms with Crippen LogP contribution in [0.15, 0.2) is 16.6 Å². The molecule has 2 aromatic rings. The van der Waals surface area contributed by atoms with E-state index >= 15 is 0 Å². The number of aromatic nitrogens is 2. The maximum absolute atomic E-state index is 4.88. The summed E-state index contributed by atoms with van der Waals surface area (Å²) in [6.07, 6.45) is 5.65. The van der Waals surface area contributed by atoms with Gasteiger partial charge >= 0.3 is 0 Å². The van der Waals surface area contributed by atoms with Gasteiger partial charge in [0, 0.05) is 10.4 Å². The number of nitrogens with zero attached hydrogens (tertiary/aromatic N) is 1. The number of H-pyrrole nitrogens is 1. The molecule has 1 aromatic heterocycles. The molecule has 0 amide bonds. The number of fused-ring (bicyclic) bond motifs is 3. The molecule has 0 saturated heterocycles. The highest BCUT2D eigenvalue weighted by Crippen LogP contribution is 2.52. The minimum absolute atomic E-state index is 0.689. The summed E-state index contributed by atoms with van der Waals surface area (Å²) in [5, 5.41) is 0. The Labute approximate surface area is 115 Å². The number of hydrogen-bond donors (Lipinski definition) is 1. The molecular weight excluding hydrogens is 288 g/mol. The first kappa shape index (κ1) is 11.0. The molecule has 1 heterocycles. The van der Waals surface area contributed by atoms with Gasteiger partial charge in [-0.15, -0.1) is 0 Å². The largest absolute Gasteiger partial charge is 0.342 e. The first-order valence-electron chi connectivity index (χ1n) is 6.86. The van der Waals surface area contributed by atoms with Gasteiger partial charge in [0.2, 0.25) is 0 Å². The Hall–Kier alpha value is -0.830. The van der Waals surface area contributed by atoms with Crippen LogP contribution in [0.3, 0.4) is 0 Å². The van der Waals surface area contributed by atoms with Gasteiger partial charge in [0.25, 0.3) is 0 Å². The summed E-state index contributed by atoms with van der Waals surface area (Å²) >= 11 is 3.56. The lowest BCUT2D eigenvalue weighted by Crippen LogP contribution is -2.09. The Kier molecular flexibility index (Phi) is 2.35. The highest BCUT2D eigenvalue weighted by atomic mass is 79.9. The van der Waals surface area contributed by atoms with Gasteiger partial charge in [-0.2, -0.15) is 0 Å². The maximum atomic E-state index is 4.88. The van der Waals surface area contributed by atoms with Gasteiger partial charge in [0.15, 0.2) is 0 Å². The van der Waals surface area contributed by atoms with Crippen molar-refractivity contribution < 1.29 is 0 Å². The number of rotatable bonds is 1. The van der Waals surface area contributed by atoms with Crippen molar-refractivity contribution >= 4 is 27.0 Å². The fraction of sp³-hybridized carbons (Fsp3) is 0.533. The molecule has 4 rings (SSSR count). The van der Waals surface area contributed by atoms with Crippen LogP contribution in [0.1, 0.15) is 43.0 Å². The monoisotopic (exact) mass is 304 g/mol. The normalized spacial score (nSPS) is 30.4. The minimum Gasteiger partial charge on any atom is -0.342 e. The number of aryl methyl sites for hydroxylation is 1. The van der Waals surface area contributed by atoms with Gasteiger partial charge in [0.1, 0.15) is 5.82 Å². The molecule has 18 heavy (non-hydrogen) atoms. The second-order valence-electron chi connectivity index (χ2n) is 6.02. The predicted molar refractivity (Wildman–Crippen MR) is 76.7 cm³/mol. The van der Waals surface area contributed by atoms with E-state index in [9.17, 15) is 0 Å². The number of halogens is 1. The zero-order valence-corrected chi connectivity index (χ0v) is 12.1. The van der Waals surface area contributed by atoms with Crippen LogP contribution < -0.4 is 0 Å². The van der Waals surface area contributed by atoms with Crippen molar-refractivity contribution in [2.24, 2.45) is 11.8 Å². The van der Waals surface area contributed by atoms with Crippen LogP contribution in [0.5, 0.6) is 0 Å². The second-order valence-corrected chi connectivity index (χ2v) is 6.94. The molecule has 2 fully saturated rings. The van der Waals surface area contributed by atoms with E-state index in [0.29, 0.717) is 5.92 Å². The first-order valence-corrected chi connectivity index (χ1v) is 7.66. The van der Waals surface area contributed by atoms with Crippen LogP contribution in [-0.4, -0.2) is 9.97 Å². The standard InChI is InChI=1S/C15H17BrN2/c1-8-4-11(16)7-13-14(8)18-15(17-13)12-6-9-2-3-10(12)5-9/h4,7,9-10,12H,2-3,5-6H2,1H3,(H,17,18). The molecule has 2 aliphatic rings. The van der Waals surface area contributed by atoms with Gasteiger partial charge < -0.3 is 4.98 Å². The molecule has 2 saturated carbocycles. The van der Waals surface area contributed by atoms with Crippen molar-refractivity contribution in [1.29, 1.82) is 0 Å². The third-order valence-corrected chi connectivity index (χ3v) is 5.31. The molecule has 1 aromatic carbocycles. The van der Waals surface area contributed by atoms with Crippen molar-refractivity contribution in [3.63, 3.8) is 0 Å². The van der Waals surface area contributed by atoms with E-state index in [0.717, 1.165) is 21.8 Å². The molecule has 94 valence electrons. The van der Waals surface area contributed by atoms with Crippen LogP contribution in [0.25, 0.3) is 11.0 Å². The highest BCUT2D eigenvalue weighted by Gasteiger charge is 2.41. The summed E-state index contributed by atoms with van der Waals surface area (Å²) in [5.41, 5.74) is 3.58. The quantitative estimate of drug-likeness (QED) is 0.823. The highest BCUT2D eigenvalue weighted by molar-refractivity contribution is 9.10. The molecule has 3 atom stereocenters. The van der Waals surface area contributed by atoms with Gasteiger partial charge in [-0.1, -0.05) is 22.4 Å². The molecule has 0 aliphatic heterocycles. The molecule has 2 bridgehead atoms. The van der Waals surface area contributed by atoms with E-state index in [1.807, 2.05) is 0 Å². The van der Waals surface area contributed by atoms with Gasteiger partial charge in [0.05, 0.1) is 11.0 Å². The van der Waals surface area contributed by atoms with Crippen LogP contribution in [-0.2, 0) is 0 Å². The molecule has 3 heteroatoms. The topological polar surface area (TPSA) is 28.7 Å². The first-order chi connectivity index (χ1) is 8.70. The maximum Gasteiger partial charge on any atom is 0.110 e. The van der Waals surface area contributed by atoms with E-state index in [1.54, 1.807) is 0 Å². The SMILES string of the molecule is Cc1cc(Br)cc2[nH]c(C3CC4CCC3C4)nc12. The van der Waals surface area contributed by atoms with Gasteiger partial charge in [-0.3, -0.25) is 0 Å². The number of benzene rings is 1. The van der Waals surface area contributed by atoms with E-state index in [-0.39, 0.29) is 0 Å². The number of imidazole rings is 1. The fourth-order valence-corrected chi connectivity index (χ4v) is 4.59. The lowest BCUT2D eigenvalue weighted by molar-refractivity contribution is 0.408. The Balaban J connectivity index is 1.80. The van der Waals surface area contributed by atoms with Crippen LogP contribution in [0.2, 0.25) is 0 Å². The molecule has 0 radical (unpaired) electrons. The lowest BCUT2D eigenvalue weighted by Gasteiger charge is -2.18. The van der Waals surface area contributed by atoms with Crippen LogP contribution in [0, 0.1) is 18.8 Å². The van der Waals surface area contributed by atoms with Crippen molar-refractivity contribution in [2.75, 3.05) is 0 Å². The van der Waals surface area contributed by atoms with E-state index in [1.165, 1.54) is 42.6 Å².